The molecule has 1 aliphatic carbocycles. The molecule has 1 amide bonds. The van der Waals surface area contributed by atoms with Gasteiger partial charge in [0, 0.05) is 44.6 Å². The van der Waals surface area contributed by atoms with Crippen molar-refractivity contribution in [3.05, 3.63) is 33.9 Å². The Morgan fingerprint density at radius 2 is 2.00 bits per heavy atom. The third kappa shape index (κ3) is 4.19. The van der Waals surface area contributed by atoms with E-state index in [2.05, 4.69) is 5.32 Å². The Morgan fingerprint density at radius 3 is 2.52 bits per heavy atom. The number of nitro benzene ring substituents is 1. The Bertz CT molecular complexity index is 581. The van der Waals surface area contributed by atoms with E-state index in [9.17, 15) is 14.9 Å². The van der Waals surface area contributed by atoms with Crippen molar-refractivity contribution in [2.24, 2.45) is 5.92 Å². The highest BCUT2D eigenvalue weighted by atomic mass is 16.6. The number of non-ortho nitro benzene ring substituents is 1. The zero-order chi connectivity index (χ0) is 17.0. The second-order valence-electron chi connectivity index (χ2n) is 6.23. The predicted molar refractivity (Wildman–Crippen MR) is 87.7 cm³/mol. The lowest BCUT2D eigenvalue weighted by Crippen LogP contribution is -2.38. The number of aliphatic hydroxyl groups is 1. The largest absolute Gasteiger partial charge is 0.396 e. The SMILES string of the molecule is CN(C)c1ccc([N+](=O)[O-])cc1C(=O)NC1CCC(CO)CC1. The summed E-state index contributed by atoms with van der Waals surface area (Å²) >= 11 is 0. The van der Waals surface area contributed by atoms with E-state index in [1.54, 1.807) is 25.1 Å². The zero-order valence-corrected chi connectivity index (χ0v) is 13.5. The molecule has 0 saturated heterocycles. The Morgan fingerprint density at radius 1 is 1.35 bits per heavy atom. The van der Waals surface area contributed by atoms with Crippen molar-refractivity contribution in [2.75, 3.05) is 25.6 Å². The molecule has 1 saturated carbocycles. The number of carbonyl (C=O) groups is 1. The molecule has 7 nitrogen and oxygen atoms in total. The van der Waals surface area contributed by atoms with Gasteiger partial charge >= 0.3 is 0 Å². The number of carbonyl (C=O) groups excluding carboxylic acids is 1. The van der Waals surface area contributed by atoms with Gasteiger partial charge in [0.2, 0.25) is 0 Å². The van der Waals surface area contributed by atoms with Crippen molar-refractivity contribution >= 4 is 17.3 Å². The van der Waals surface area contributed by atoms with Gasteiger partial charge in [-0.1, -0.05) is 0 Å². The maximum Gasteiger partial charge on any atom is 0.270 e. The van der Waals surface area contributed by atoms with E-state index in [0.29, 0.717) is 17.2 Å². The van der Waals surface area contributed by atoms with Crippen LogP contribution in [0.25, 0.3) is 0 Å². The molecule has 1 aromatic rings. The number of rotatable bonds is 5. The summed E-state index contributed by atoms with van der Waals surface area (Å²) in [6.45, 7) is 0.191. The van der Waals surface area contributed by atoms with Crippen LogP contribution in [0.4, 0.5) is 11.4 Å². The lowest BCUT2D eigenvalue weighted by molar-refractivity contribution is -0.384. The first kappa shape index (κ1) is 17.2. The van der Waals surface area contributed by atoms with Crippen LogP contribution in [0.2, 0.25) is 0 Å². The summed E-state index contributed by atoms with van der Waals surface area (Å²) < 4.78 is 0. The van der Waals surface area contributed by atoms with Gasteiger partial charge in [-0.05, 0) is 37.7 Å². The summed E-state index contributed by atoms with van der Waals surface area (Å²) in [5.41, 5.74) is 0.871. The molecule has 0 heterocycles. The van der Waals surface area contributed by atoms with Crippen molar-refractivity contribution in [1.82, 2.24) is 5.32 Å². The first-order valence-corrected chi connectivity index (χ1v) is 7.80. The van der Waals surface area contributed by atoms with Gasteiger partial charge in [-0.15, -0.1) is 0 Å². The van der Waals surface area contributed by atoms with Crippen LogP contribution in [-0.4, -0.2) is 42.7 Å². The molecular weight excluding hydrogens is 298 g/mol. The molecule has 2 rings (SSSR count). The summed E-state index contributed by atoms with van der Waals surface area (Å²) in [5, 5.41) is 23.1. The van der Waals surface area contributed by atoms with Crippen molar-refractivity contribution in [3.63, 3.8) is 0 Å². The quantitative estimate of drug-likeness (QED) is 0.638. The summed E-state index contributed by atoms with van der Waals surface area (Å²) in [6, 6.07) is 4.37. The van der Waals surface area contributed by atoms with Gasteiger partial charge in [-0.2, -0.15) is 0 Å². The number of nitrogens with zero attached hydrogens (tertiary/aromatic N) is 2. The fraction of sp³-hybridized carbons (Fsp3) is 0.562. The Kier molecular flexibility index (Phi) is 5.54. The number of amides is 1. The molecule has 0 spiro atoms. The monoisotopic (exact) mass is 321 g/mol. The van der Waals surface area contributed by atoms with E-state index in [1.165, 1.54) is 12.1 Å². The highest BCUT2D eigenvalue weighted by Crippen LogP contribution is 2.27. The van der Waals surface area contributed by atoms with Gasteiger partial charge in [-0.25, -0.2) is 0 Å². The first-order chi connectivity index (χ1) is 10.9. The second-order valence-corrected chi connectivity index (χ2v) is 6.23. The number of nitro groups is 1. The fourth-order valence-corrected chi connectivity index (χ4v) is 2.96. The van der Waals surface area contributed by atoms with Gasteiger partial charge in [0.25, 0.3) is 11.6 Å². The first-order valence-electron chi connectivity index (χ1n) is 7.80. The van der Waals surface area contributed by atoms with E-state index in [-0.39, 0.29) is 24.2 Å². The number of aliphatic hydroxyl groups excluding tert-OH is 1. The normalized spacial score (nSPS) is 20.8. The van der Waals surface area contributed by atoms with Crippen LogP contribution >= 0.6 is 0 Å². The van der Waals surface area contributed by atoms with Gasteiger partial charge in [-0.3, -0.25) is 14.9 Å². The molecule has 1 fully saturated rings. The molecule has 23 heavy (non-hydrogen) atoms. The minimum atomic E-state index is -0.497. The number of nitrogens with one attached hydrogen (secondary N) is 1. The highest BCUT2D eigenvalue weighted by molar-refractivity contribution is 6.00. The van der Waals surface area contributed by atoms with Crippen molar-refractivity contribution in [3.8, 4) is 0 Å². The molecule has 1 aliphatic rings. The Balaban J connectivity index is 2.14. The van der Waals surface area contributed by atoms with Crippen molar-refractivity contribution in [2.45, 2.75) is 31.7 Å². The summed E-state index contributed by atoms with van der Waals surface area (Å²) in [7, 11) is 3.59. The van der Waals surface area contributed by atoms with Gasteiger partial charge in [0.05, 0.1) is 10.5 Å². The average Bonchev–Trinajstić information content (AvgIpc) is 2.54. The summed E-state index contributed by atoms with van der Waals surface area (Å²) in [5.74, 6) is 0.0307. The smallest absolute Gasteiger partial charge is 0.270 e. The predicted octanol–water partition coefficient (Wildman–Crippen LogP) is 1.94. The van der Waals surface area contributed by atoms with E-state index >= 15 is 0 Å². The third-order valence-corrected chi connectivity index (χ3v) is 4.36. The van der Waals surface area contributed by atoms with Crippen molar-refractivity contribution in [1.29, 1.82) is 0 Å². The zero-order valence-electron chi connectivity index (χ0n) is 13.5. The van der Waals surface area contributed by atoms with E-state index in [1.807, 2.05) is 0 Å². The molecule has 0 bridgehead atoms. The van der Waals surface area contributed by atoms with E-state index in [0.717, 1.165) is 25.7 Å². The van der Waals surface area contributed by atoms with E-state index < -0.39 is 4.92 Å². The second kappa shape index (κ2) is 7.41. The maximum atomic E-state index is 12.6. The number of benzene rings is 1. The van der Waals surface area contributed by atoms with Crippen LogP contribution in [0, 0.1) is 16.0 Å². The third-order valence-electron chi connectivity index (χ3n) is 4.36. The molecule has 2 N–H and O–H groups in total. The van der Waals surface area contributed by atoms with Gasteiger partial charge in [0.15, 0.2) is 0 Å². The maximum absolute atomic E-state index is 12.6. The van der Waals surface area contributed by atoms with Crippen LogP contribution in [0.5, 0.6) is 0 Å². The van der Waals surface area contributed by atoms with Crippen LogP contribution in [0.3, 0.4) is 0 Å². The minimum absolute atomic E-state index is 0.0552. The molecule has 0 aliphatic heterocycles. The molecule has 0 radical (unpaired) electrons. The van der Waals surface area contributed by atoms with Gasteiger partial charge in [0.1, 0.15) is 0 Å². The van der Waals surface area contributed by atoms with Crippen LogP contribution in [-0.2, 0) is 0 Å². The summed E-state index contributed by atoms with van der Waals surface area (Å²) in [4.78, 5) is 24.8. The lowest BCUT2D eigenvalue weighted by Gasteiger charge is -2.28. The molecule has 0 aromatic heterocycles. The van der Waals surface area contributed by atoms with Crippen molar-refractivity contribution < 1.29 is 14.8 Å². The van der Waals surface area contributed by atoms with Crippen LogP contribution in [0.15, 0.2) is 18.2 Å². The molecule has 126 valence electrons. The molecule has 1 aromatic carbocycles. The van der Waals surface area contributed by atoms with Crippen LogP contribution in [0.1, 0.15) is 36.0 Å². The lowest BCUT2D eigenvalue weighted by atomic mass is 9.86. The topological polar surface area (TPSA) is 95.7 Å². The Labute approximate surface area is 135 Å². The number of hydrogen-bond acceptors (Lipinski definition) is 5. The number of anilines is 1. The molecule has 0 unspecified atom stereocenters. The Hall–Kier alpha value is -2.15. The van der Waals surface area contributed by atoms with Gasteiger partial charge < -0.3 is 15.3 Å². The summed E-state index contributed by atoms with van der Waals surface area (Å²) in [6.07, 6.45) is 3.42. The molecule has 0 atom stereocenters. The highest BCUT2D eigenvalue weighted by Gasteiger charge is 2.24. The van der Waals surface area contributed by atoms with Crippen LogP contribution < -0.4 is 10.2 Å². The van der Waals surface area contributed by atoms with E-state index in [4.69, 9.17) is 5.11 Å². The molecule has 7 heteroatoms. The number of hydrogen-bond donors (Lipinski definition) is 2. The average molecular weight is 321 g/mol. The minimum Gasteiger partial charge on any atom is -0.396 e. The fourth-order valence-electron chi connectivity index (χ4n) is 2.96. The molecular formula is C16H23N3O4. The standard InChI is InChI=1S/C16H23N3O4/c1-18(2)15-8-7-13(19(22)23)9-14(15)16(21)17-12-5-3-11(10-20)4-6-12/h7-9,11-12,20H,3-6,10H2,1-2H3,(H,17,21).